The minimum absolute atomic E-state index is 0.159. The molecule has 7 heteroatoms. The number of anilines is 2. The van der Waals surface area contributed by atoms with E-state index >= 15 is 0 Å². The van der Waals surface area contributed by atoms with E-state index in [0.29, 0.717) is 16.9 Å². The van der Waals surface area contributed by atoms with Gasteiger partial charge in [0.25, 0.3) is 0 Å². The first kappa shape index (κ1) is 19.3. The molecule has 3 aromatic rings. The van der Waals surface area contributed by atoms with Crippen molar-refractivity contribution < 1.29 is 14.7 Å². The van der Waals surface area contributed by atoms with Crippen LogP contribution in [0.25, 0.3) is 22.5 Å². The van der Waals surface area contributed by atoms with Crippen LogP contribution < -0.4 is 15.1 Å². The van der Waals surface area contributed by atoms with E-state index in [1.807, 2.05) is 55.6 Å². The third-order valence-corrected chi connectivity index (χ3v) is 5.39. The van der Waals surface area contributed by atoms with E-state index in [-0.39, 0.29) is 5.75 Å². The third kappa shape index (κ3) is 3.92. The van der Waals surface area contributed by atoms with Crippen LogP contribution in [0.15, 0.2) is 53.1 Å². The number of rotatable bonds is 5. The van der Waals surface area contributed by atoms with Crippen LogP contribution in [0, 0.1) is 0 Å². The van der Waals surface area contributed by atoms with Gasteiger partial charge >= 0.3 is 0 Å². The average Bonchev–Trinajstić information content (AvgIpc) is 3.24. The number of para-hydroxylation sites is 1. The van der Waals surface area contributed by atoms with Crippen molar-refractivity contribution in [2.24, 2.45) is 0 Å². The van der Waals surface area contributed by atoms with Crippen LogP contribution in [-0.4, -0.2) is 54.8 Å². The number of aromatic nitrogens is 1. The summed E-state index contributed by atoms with van der Waals surface area (Å²) in [6.07, 6.45) is -0.575. The number of aromatic hydroxyl groups is 1. The number of phenolic OH excluding ortho intramolecular Hbond substituents is 1. The van der Waals surface area contributed by atoms with E-state index in [0.717, 1.165) is 43.2 Å². The van der Waals surface area contributed by atoms with Crippen LogP contribution in [-0.2, 0) is 0 Å². The van der Waals surface area contributed by atoms with Crippen LogP contribution >= 0.6 is 0 Å². The van der Waals surface area contributed by atoms with Gasteiger partial charge in [-0.25, -0.2) is 0 Å². The van der Waals surface area contributed by atoms with Gasteiger partial charge in [0.2, 0.25) is 0 Å². The zero-order chi connectivity index (χ0) is 20.4. The molecule has 1 aliphatic rings. The van der Waals surface area contributed by atoms with E-state index in [1.165, 1.54) is 0 Å². The zero-order valence-electron chi connectivity index (χ0n) is 16.7. The maximum absolute atomic E-state index is 10.9. The molecule has 1 unspecified atom stereocenters. The maximum Gasteiger partial charge on any atom is 0.172 e. The summed E-state index contributed by atoms with van der Waals surface area (Å²) in [6, 6.07) is 15.2. The number of nitrogens with one attached hydrogen (secondary N) is 1. The number of aliphatic hydroxyl groups excluding tert-OH is 1. The Balaban J connectivity index is 1.62. The Morgan fingerprint density at radius 1 is 1.10 bits per heavy atom. The maximum atomic E-state index is 10.9. The van der Waals surface area contributed by atoms with Gasteiger partial charge in [0.15, 0.2) is 11.6 Å². The molecule has 1 aliphatic heterocycles. The third-order valence-electron chi connectivity index (χ3n) is 5.39. The van der Waals surface area contributed by atoms with E-state index in [1.54, 1.807) is 11.8 Å². The highest BCUT2D eigenvalue weighted by Gasteiger charge is 2.19. The molecule has 0 radical (unpaired) electrons. The molecule has 0 spiro atoms. The molecule has 152 valence electrons. The second kappa shape index (κ2) is 8.14. The van der Waals surface area contributed by atoms with E-state index < -0.39 is 6.23 Å². The lowest BCUT2D eigenvalue weighted by atomic mass is 10.00. The highest BCUT2D eigenvalue weighted by Crippen LogP contribution is 2.39. The lowest BCUT2D eigenvalue weighted by Gasteiger charge is -2.26. The standard InChI is InChI=1S/C22H26N4O3/c1-15(27)25(2)17-8-6-16(7-9-17)18-4-3-5-19(22(18)28)20-14-21(24-29-20)26-12-10-23-11-13-26/h3-9,14-15,23,27-28H,10-13H2,1-2H3. The second-order valence-electron chi connectivity index (χ2n) is 7.28. The van der Waals surface area contributed by atoms with Crippen LogP contribution in [0.1, 0.15) is 6.92 Å². The zero-order valence-corrected chi connectivity index (χ0v) is 16.7. The van der Waals surface area contributed by atoms with Gasteiger partial charge < -0.3 is 29.9 Å². The molecule has 7 nitrogen and oxygen atoms in total. The molecule has 2 aromatic carbocycles. The highest BCUT2D eigenvalue weighted by atomic mass is 16.5. The molecule has 0 amide bonds. The fraction of sp³-hybridized carbons (Fsp3) is 0.318. The fourth-order valence-corrected chi connectivity index (χ4v) is 3.50. The highest BCUT2D eigenvalue weighted by molar-refractivity contribution is 5.81. The molecule has 3 N–H and O–H groups in total. The first-order valence-electron chi connectivity index (χ1n) is 9.80. The van der Waals surface area contributed by atoms with Gasteiger partial charge in [-0.05, 0) is 30.7 Å². The Morgan fingerprint density at radius 3 is 2.48 bits per heavy atom. The summed E-state index contributed by atoms with van der Waals surface area (Å²) in [5, 5.41) is 28.2. The quantitative estimate of drug-likeness (QED) is 0.574. The number of hydrogen-bond donors (Lipinski definition) is 3. The summed E-state index contributed by atoms with van der Waals surface area (Å²) in [5.41, 5.74) is 3.11. The Bertz CT molecular complexity index is 962. The van der Waals surface area contributed by atoms with Gasteiger partial charge in [-0.15, -0.1) is 0 Å². The molecule has 1 atom stereocenters. The predicted octanol–water partition coefficient (Wildman–Crippen LogP) is 2.90. The average molecular weight is 394 g/mol. The van der Waals surface area contributed by atoms with Crippen LogP contribution in [0.3, 0.4) is 0 Å². The van der Waals surface area contributed by atoms with Crippen molar-refractivity contribution >= 4 is 11.5 Å². The van der Waals surface area contributed by atoms with Gasteiger partial charge in [0, 0.05) is 50.5 Å². The fourth-order valence-electron chi connectivity index (χ4n) is 3.50. The van der Waals surface area contributed by atoms with Crippen molar-refractivity contribution in [3.05, 3.63) is 48.5 Å². The van der Waals surface area contributed by atoms with Gasteiger partial charge in [0.05, 0.1) is 5.56 Å². The topological polar surface area (TPSA) is 85.0 Å². The Kier molecular flexibility index (Phi) is 5.42. The Labute approximate surface area is 170 Å². The van der Waals surface area contributed by atoms with E-state index in [2.05, 4.69) is 15.4 Å². The molecule has 1 aromatic heterocycles. The monoisotopic (exact) mass is 394 g/mol. The summed E-state index contributed by atoms with van der Waals surface area (Å²) in [6.45, 7) is 5.32. The first-order chi connectivity index (χ1) is 14.0. The molecule has 0 saturated carbocycles. The second-order valence-corrected chi connectivity index (χ2v) is 7.28. The smallest absolute Gasteiger partial charge is 0.172 e. The van der Waals surface area contributed by atoms with Gasteiger partial charge in [-0.3, -0.25) is 0 Å². The van der Waals surface area contributed by atoms with E-state index in [4.69, 9.17) is 4.52 Å². The summed E-state index contributed by atoms with van der Waals surface area (Å²) in [4.78, 5) is 3.94. The number of aliphatic hydroxyl groups is 1. The van der Waals surface area contributed by atoms with Crippen molar-refractivity contribution in [3.63, 3.8) is 0 Å². The molecule has 1 fully saturated rings. The summed E-state index contributed by atoms with van der Waals surface area (Å²) in [5.74, 6) is 1.49. The normalized spacial score (nSPS) is 15.3. The first-order valence-corrected chi connectivity index (χ1v) is 9.80. The Hall–Kier alpha value is -3.03. The summed E-state index contributed by atoms with van der Waals surface area (Å²) < 4.78 is 5.55. The van der Waals surface area contributed by atoms with Gasteiger partial charge in [-0.2, -0.15) is 0 Å². The molecule has 1 saturated heterocycles. The minimum Gasteiger partial charge on any atom is -0.507 e. The summed E-state index contributed by atoms with van der Waals surface area (Å²) >= 11 is 0. The molecular formula is C22H26N4O3. The largest absolute Gasteiger partial charge is 0.507 e. The van der Waals surface area contributed by atoms with Crippen LogP contribution in [0.4, 0.5) is 11.5 Å². The lowest BCUT2D eigenvalue weighted by molar-refractivity contribution is 0.195. The van der Waals surface area contributed by atoms with Crippen molar-refractivity contribution in [2.45, 2.75) is 13.2 Å². The minimum atomic E-state index is -0.575. The van der Waals surface area contributed by atoms with Crippen LogP contribution in [0.5, 0.6) is 5.75 Å². The number of hydrogen-bond acceptors (Lipinski definition) is 7. The van der Waals surface area contributed by atoms with Crippen molar-refractivity contribution in [2.75, 3.05) is 43.0 Å². The molecule has 2 heterocycles. The van der Waals surface area contributed by atoms with Crippen LogP contribution in [0.2, 0.25) is 0 Å². The lowest BCUT2D eigenvalue weighted by Crippen LogP contribution is -2.43. The molecule has 0 aliphatic carbocycles. The Morgan fingerprint density at radius 2 is 1.79 bits per heavy atom. The molecule has 0 bridgehead atoms. The van der Waals surface area contributed by atoms with Gasteiger partial charge in [0.1, 0.15) is 12.0 Å². The van der Waals surface area contributed by atoms with E-state index in [9.17, 15) is 10.2 Å². The predicted molar refractivity (Wildman–Crippen MR) is 114 cm³/mol. The van der Waals surface area contributed by atoms with Gasteiger partial charge in [-0.1, -0.05) is 29.4 Å². The summed E-state index contributed by atoms with van der Waals surface area (Å²) in [7, 11) is 1.83. The van der Waals surface area contributed by atoms with Crippen molar-refractivity contribution in [1.82, 2.24) is 10.5 Å². The molecule has 4 rings (SSSR count). The molecular weight excluding hydrogens is 368 g/mol. The van der Waals surface area contributed by atoms with Crippen molar-refractivity contribution in [3.8, 4) is 28.2 Å². The number of nitrogens with zero attached hydrogens (tertiary/aromatic N) is 3. The van der Waals surface area contributed by atoms with Crippen molar-refractivity contribution in [1.29, 1.82) is 0 Å². The number of piperazine rings is 1. The SMILES string of the molecule is CC(O)N(C)c1ccc(-c2cccc(-c3cc(N4CCNCC4)no3)c2O)cc1. The number of phenols is 1. The number of benzene rings is 2. The molecule has 29 heavy (non-hydrogen) atoms.